The van der Waals surface area contributed by atoms with Crippen LogP contribution in [0.15, 0.2) is 29.1 Å². The molecule has 6 heteroatoms. The van der Waals surface area contributed by atoms with Crippen LogP contribution < -0.4 is 5.56 Å². The van der Waals surface area contributed by atoms with E-state index in [-0.39, 0.29) is 11.5 Å². The number of amides is 1. The lowest BCUT2D eigenvalue weighted by atomic mass is 10.0. The zero-order valence-corrected chi connectivity index (χ0v) is 13.1. The van der Waals surface area contributed by atoms with Crippen LogP contribution in [0.25, 0.3) is 10.9 Å². The maximum atomic E-state index is 12.9. The van der Waals surface area contributed by atoms with Gasteiger partial charge < -0.3 is 14.6 Å². The number of hydrogen-bond donors (Lipinski definition) is 1. The molecule has 1 amide bonds. The van der Waals surface area contributed by atoms with E-state index in [2.05, 4.69) is 4.98 Å². The summed E-state index contributed by atoms with van der Waals surface area (Å²) in [5.41, 5.74) is 1.59. The molecule has 120 valence electrons. The fourth-order valence-corrected chi connectivity index (χ4v) is 3.09. The number of esters is 1. The van der Waals surface area contributed by atoms with Gasteiger partial charge in [-0.05, 0) is 31.9 Å². The zero-order valence-electron chi connectivity index (χ0n) is 13.1. The van der Waals surface area contributed by atoms with Crippen LogP contribution in [0.1, 0.15) is 28.8 Å². The summed E-state index contributed by atoms with van der Waals surface area (Å²) in [7, 11) is 1.31. The maximum Gasteiger partial charge on any atom is 0.328 e. The first-order valence-corrected chi connectivity index (χ1v) is 7.54. The van der Waals surface area contributed by atoms with Gasteiger partial charge in [-0.3, -0.25) is 9.59 Å². The third kappa shape index (κ3) is 2.72. The summed E-state index contributed by atoms with van der Waals surface area (Å²) in [5.74, 6) is -0.722. The number of hydrogen-bond acceptors (Lipinski definition) is 4. The number of rotatable bonds is 2. The second-order valence-electron chi connectivity index (χ2n) is 5.78. The SMILES string of the molecule is COC(=O)[C@H]1CCCN1C(=O)c1cc(=O)[nH]c2ccc(C)cc12. The van der Waals surface area contributed by atoms with E-state index in [1.165, 1.54) is 18.1 Å². The van der Waals surface area contributed by atoms with Crippen LogP contribution in [-0.2, 0) is 9.53 Å². The predicted octanol–water partition coefficient (Wildman–Crippen LogP) is 1.61. The quantitative estimate of drug-likeness (QED) is 0.854. The van der Waals surface area contributed by atoms with Gasteiger partial charge in [0, 0.05) is 23.5 Å². The highest BCUT2D eigenvalue weighted by molar-refractivity contribution is 6.07. The number of pyridine rings is 1. The number of fused-ring (bicyclic) bond motifs is 1. The summed E-state index contributed by atoms with van der Waals surface area (Å²) in [6.45, 7) is 2.41. The van der Waals surface area contributed by atoms with E-state index in [0.717, 1.165) is 12.0 Å². The van der Waals surface area contributed by atoms with Gasteiger partial charge in [-0.2, -0.15) is 0 Å². The molecule has 2 aromatic rings. The van der Waals surface area contributed by atoms with Crippen molar-refractivity contribution in [3.8, 4) is 0 Å². The Bertz CT molecular complexity index is 840. The largest absolute Gasteiger partial charge is 0.467 e. The highest BCUT2D eigenvalue weighted by Gasteiger charge is 2.35. The summed E-state index contributed by atoms with van der Waals surface area (Å²) in [4.78, 5) is 40.9. The molecule has 1 aromatic carbocycles. The number of aromatic amines is 1. The van der Waals surface area contributed by atoms with Gasteiger partial charge in [0.15, 0.2) is 0 Å². The maximum absolute atomic E-state index is 12.9. The van der Waals surface area contributed by atoms with E-state index < -0.39 is 12.0 Å². The van der Waals surface area contributed by atoms with Crippen molar-refractivity contribution >= 4 is 22.8 Å². The fraction of sp³-hybridized carbons (Fsp3) is 0.353. The molecule has 23 heavy (non-hydrogen) atoms. The Hall–Kier alpha value is -2.63. The highest BCUT2D eigenvalue weighted by Crippen LogP contribution is 2.24. The molecule has 1 saturated heterocycles. The molecule has 3 rings (SSSR count). The number of nitrogens with zero attached hydrogens (tertiary/aromatic N) is 1. The van der Waals surface area contributed by atoms with Crippen LogP contribution in [0.2, 0.25) is 0 Å². The first-order valence-electron chi connectivity index (χ1n) is 7.54. The van der Waals surface area contributed by atoms with Gasteiger partial charge >= 0.3 is 5.97 Å². The van der Waals surface area contributed by atoms with Crippen molar-refractivity contribution in [2.75, 3.05) is 13.7 Å². The summed E-state index contributed by atoms with van der Waals surface area (Å²) >= 11 is 0. The lowest BCUT2D eigenvalue weighted by Gasteiger charge is -2.23. The lowest BCUT2D eigenvalue weighted by Crippen LogP contribution is -2.41. The second-order valence-corrected chi connectivity index (χ2v) is 5.78. The molecule has 6 nitrogen and oxygen atoms in total. The molecule has 0 radical (unpaired) electrons. The number of aryl methyl sites for hydroxylation is 1. The van der Waals surface area contributed by atoms with Crippen LogP contribution in [0.3, 0.4) is 0 Å². The summed E-state index contributed by atoms with van der Waals surface area (Å²) in [5, 5.41) is 0.685. The Morgan fingerprint density at radius 3 is 2.83 bits per heavy atom. The van der Waals surface area contributed by atoms with Gasteiger partial charge in [-0.15, -0.1) is 0 Å². The van der Waals surface area contributed by atoms with E-state index in [9.17, 15) is 14.4 Å². The Morgan fingerprint density at radius 2 is 2.09 bits per heavy atom. The number of benzene rings is 1. The smallest absolute Gasteiger partial charge is 0.328 e. The van der Waals surface area contributed by atoms with Gasteiger partial charge in [0.2, 0.25) is 5.56 Å². The van der Waals surface area contributed by atoms with Crippen LogP contribution in [-0.4, -0.2) is 41.5 Å². The number of nitrogens with one attached hydrogen (secondary N) is 1. The number of H-pyrrole nitrogens is 1. The number of carbonyl (C=O) groups excluding carboxylic acids is 2. The average Bonchev–Trinajstić information content (AvgIpc) is 3.02. The molecule has 0 bridgehead atoms. The molecule has 1 atom stereocenters. The lowest BCUT2D eigenvalue weighted by molar-refractivity contribution is -0.145. The monoisotopic (exact) mass is 314 g/mol. The molecule has 1 fully saturated rings. The van der Waals surface area contributed by atoms with E-state index in [1.54, 1.807) is 6.07 Å². The number of ether oxygens (including phenoxy) is 1. The van der Waals surface area contributed by atoms with Gasteiger partial charge in [-0.1, -0.05) is 11.6 Å². The van der Waals surface area contributed by atoms with Crippen molar-refractivity contribution in [1.82, 2.24) is 9.88 Å². The van der Waals surface area contributed by atoms with Crippen LogP contribution >= 0.6 is 0 Å². The van der Waals surface area contributed by atoms with Crippen molar-refractivity contribution in [2.24, 2.45) is 0 Å². The number of aromatic nitrogens is 1. The Morgan fingerprint density at radius 1 is 1.30 bits per heavy atom. The van der Waals surface area contributed by atoms with E-state index in [0.29, 0.717) is 29.4 Å². The minimum atomic E-state index is -0.577. The average molecular weight is 314 g/mol. The van der Waals surface area contributed by atoms with Gasteiger partial charge in [0.25, 0.3) is 5.91 Å². The molecule has 0 unspecified atom stereocenters. The third-order valence-corrected chi connectivity index (χ3v) is 4.22. The third-order valence-electron chi connectivity index (χ3n) is 4.22. The Balaban J connectivity index is 2.09. The molecular weight excluding hydrogens is 296 g/mol. The molecule has 1 N–H and O–H groups in total. The second kappa shape index (κ2) is 5.87. The van der Waals surface area contributed by atoms with E-state index in [4.69, 9.17) is 4.74 Å². The minimum Gasteiger partial charge on any atom is -0.467 e. The molecular formula is C17H18N2O4. The Kier molecular flexibility index (Phi) is 3.90. The summed E-state index contributed by atoms with van der Waals surface area (Å²) in [6, 6.07) is 6.24. The van der Waals surface area contributed by atoms with Crippen LogP contribution in [0.5, 0.6) is 0 Å². The number of likely N-dealkylation sites (tertiary alicyclic amines) is 1. The molecule has 0 aliphatic carbocycles. The normalized spacial score (nSPS) is 17.5. The summed E-state index contributed by atoms with van der Waals surface area (Å²) < 4.78 is 4.78. The first kappa shape index (κ1) is 15.3. The van der Waals surface area contributed by atoms with Gasteiger partial charge in [-0.25, -0.2) is 4.79 Å². The van der Waals surface area contributed by atoms with Crippen molar-refractivity contribution in [3.63, 3.8) is 0 Å². The molecule has 1 aromatic heterocycles. The molecule has 0 spiro atoms. The molecule has 2 heterocycles. The topological polar surface area (TPSA) is 79.5 Å². The van der Waals surface area contributed by atoms with E-state index in [1.807, 2.05) is 19.1 Å². The van der Waals surface area contributed by atoms with Crippen molar-refractivity contribution in [1.29, 1.82) is 0 Å². The van der Waals surface area contributed by atoms with Gasteiger partial charge in [0.05, 0.1) is 12.7 Å². The van der Waals surface area contributed by atoms with Crippen LogP contribution in [0.4, 0.5) is 0 Å². The molecule has 0 saturated carbocycles. The van der Waals surface area contributed by atoms with Crippen molar-refractivity contribution in [3.05, 3.63) is 45.7 Å². The molecule has 1 aliphatic rings. The Labute approximate surface area is 133 Å². The first-order chi connectivity index (χ1) is 11.0. The van der Waals surface area contributed by atoms with Crippen molar-refractivity contribution in [2.45, 2.75) is 25.8 Å². The van der Waals surface area contributed by atoms with Crippen LogP contribution in [0, 0.1) is 6.92 Å². The summed E-state index contributed by atoms with van der Waals surface area (Å²) in [6.07, 6.45) is 1.32. The van der Waals surface area contributed by atoms with E-state index >= 15 is 0 Å². The zero-order chi connectivity index (χ0) is 16.6. The number of methoxy groups -OCH3 is 1. The van der Waals surface area contributed by atoms with Gasteiger partial charge in [0.1, 0.15) is 6.04 Å². The predicted molar refractivity (Wildman–Crippen MR) is 85.4 cm³/mol. The molecule has 1 aliphatic heterocycles. The highest BCUT2D eigenvalue weighted by atomic mass is 16.5. The fourth-order valence-electron chi connectivity index (χ4n) is 3.09. The standard InChI is InChI=1S/C17H18N2O4/c1-10-5-6-13-11(8-10)12(9-15(20)18-13)16(21)19-7-3-4-14(19)17(22)23-2/h5-6,8-9,14H,3-4,7H2,1-2H3,(H,18,20)/t14-/m1/s1. The minimum absolute atomic E-state index is 0.306. The van der Waals surface area contributed by atoms with Crippen molar-refractivity contribution < 1.29 is 14.3 Å². The number of carbonyl (C=O) groups is 2.